The Bertz CT molecular complexity index is 619. The van der Waals surface area contributed by atoms with Gasteiger partial charge in [-0.15, -0.1) is 0 Å². The number of amides is 1. The summed E-state index contributed by atoms with van der Waals surface area (Å²) < 4.78 is 11.6. The molecule has 2 aliphatic heterocycles. The molecule has 1 unspecified atom stereocenters. The largest absolute Gasteiger partial charge is 0.490 e. The van der Waals surface area contributed by atoms with Crippen molar-refractivity contribution < 1.29 is 14.3 Å². The van der Waals surface area contributed by atoms with Crippen LogP contribution in [0.3, 0.4) is 0 Å². The van der Waals surface area contributed by atoms with E-state index in [1.54, 1.807) is 6.92 Å². The molecule has 0 spiro atoms. The predicted molar refractivity (Wildman–Crippen MR) is 93.5 cm³/mol. The molecule has 0 radical (unpaired) electrons. The second-order valence-electron chi connectivity index (χ2n) is 7.62. The minimum atomic E-state index is 0.165. The van der Waals surface area contributed by atoms with Crippen LogP contribution in [-0.4, -0.2) is 31.3 Å². The lowest BCUT2D eigenvalue weighted by Gasteiger charge is -2.41. The van der Waals surface area contributed by atoms with Crippen LogP contribution in [0.4, 0.5) is 5.69 Å². The van der Waals surface area contributed by atoms with Gasteiger partial charge in [0.15, 0.2) is 0 Å². The van der Waals surface area contributed by atoms with Crippen LogP contribution in [0.15, 0.2) is 18.2 Å². The second kappa shape index (κ2) is 6.40. The van der Waals surface area contributed by atoms with Crippen LogP contribution in [0.5, 0.6) is 5.75 Å². The SMILES string of the molecule is CC(=O)N1c2ccc(OC3CCOCC3)cc2CC(C)[C@@H]1C1CC1. The van der Waals surface area contributed by atoms with Crippen molar-refractivity contribution in [3.63, 3.8) is 0 Å². The second-order valence-corrected chi connectivity index (χ2v) is 7.62. The fraction of sp³-hybridized carbons (Fsp3) is 0.650. The molecule has 1 amide bonds. The number of ether oxygens (including phenoxy) is 2. The molecule has 1 aromatic rings. The molecule has 2 fully saturated rings. The van der Waals surface area contributed by atoms with E-state index in [1.807, 2.05) is 6.07 Å². The summed E-state index contributed by atoms with van der Waals surface area (Å²) in [6.07, 6.45) is 5.72. The van der Waals surface area contributed by atoms with Crippen LogP contribution in [0.2, 0.25) is 0 Å². The number of benzene rings is 1. The highest BCUT2D eigenvalue weighted by atomic mass is 16.5. The van der Waals surface area contributed by atoms with E-state index in [-0.39, 0.29) is 12.0 Å². The third-order valence-electron chi connectivity index (χ3n) is 5.65. The van der Waals surface area contributed by atoms with E-state index in [0.717, 1.165) is 43.9 Å². The minimum Gasteiger partial charge on any atom is -0.490 e. The number of carbonyl (C=O) groups excluding carboxylic acids is 1. The van der Waals surface area contributed by atoms with Crippen LogP contribution in [-0.2, 0) is 16.0 Å². The quantitative estimate of drug-likeness (QED) is 0.851. The smallest absolute Gasteiger partial charge is 0.224 e. The number of hydrogen-bond donors (Lipinski definition) is 0. The van der Waals surface area contributed by atoms with Crippen LogP contribution in [0, 0.1) is 11.8 Å². The number of rotatable bonds is 3. The van der Waals surface area contributed by atoms with Gasteiger partial charge in [-0.05, 0) is 54.9 Å². The molecule has 1 saturated carbocycles. The maximum Gasteiger partial charge on any atom is 0.224 e. The van der Waals surface area contributed by atoms with E-state index in [9.17, 15) is 4.79 Å². The lowest BCUT2D eigenvalue weighted by molar-refractivity contribution is -0.117. The zero-order chi connectivity index (χ0) is 16.7. The van der Waals surface area contributed by atoms with Gasteiger partial charge in [-0.3, -0.25) is 4.79 Å². The standard InChI is InChI=1S/C20H27NO3/c1-13-11-16-12-18(24-17-7-9-23-10-8-17)5-6-19(16)21(14(2)22)20(13)15-3-4-15/h5-6,12-13,15,17,20H,3-4,7-11H2,1-2H3/t13?,20-/m1/s1. The van der Waals surface area contributed by atoms with Crippen LogP contribution < -0.4 is 9.64 Å². The summed E-state index contributed by atoms with van der Waals surface area (Å²) in [5, 5.41) is 0. The van der Waals surface area contributed by atoms with Crippen LogP contribution in [0.1, 0.15) is 45.1 Å². The van der Waals surface area contributed by atoms with Crippen LogP contribution in [0.25, 0.3) is 0 Å². The molecule has 1 aliphatic carbocycles. The van der Waals surface area contributed by atoms with Crippen molar-refractivity contribution in [2.24, 2.45) is 11.8 Å². The summed E-state index contributed by atoms with van der Waals surface area (Å²) in [5.74, 6) is 2.29. The first-order valence-corrected chi connectivity index (χ1v) is 9.30. The van der Waals surface area contributed by atoms with Crippen molar-refractivity contribution in [3.05, 3.63) is 23.8 Å². The molecule has 2 atom stereocenters. The first-order chi connectivity index (χ1) is 11.6. The Labute approximate surface area is 144 Å². The molecular formula is C20H27NO3. The summed E-state index contributed by atoms with van der Waals surface area (Å²) >= 11 is 0. The molecule has 2 heterocycles. The van der Waals surface area contributed by atoms with E-state index in [1.165, 1.54) is 18.4 Å². The molecular weight excluding hydrogens is 302 g/mol. The zero-order valence-corrected chi connectivity index (χ0v) is 14.7. The average molecular weight is 329 g/mol. The summed E-state index contributed by atoms with van der Waals surface area (Å²) in [4.78, 5) is 14.4. The lowest BCUT2D eigenvalue weighted by atomic mass is 9.84. The highest BCUT2D eigenvalue weighted by Crippen LogP contribution is 2.46. The fourth-order valence-corrected chi connectivity index (χ4v) is 4.40. The van der Waals surface area contributed by atoms with Gasteiger partial charge in [-0.2, -0.15) is 0 Å². The Morgan fingerprint density at radius 2 is 1.96 bits per heavy atom. The molecule has 0 N–H and O–H groups in total. The van der Waals surface area contributed by atoms with Gasteiger partial charge < -0.3 is 14.4 Å². The summed E-state index contributed by atoms with van der Waals surface area (Å²) in [7, 11) is 0. The van der Waals surface area contributed by atoms with Crippen molar-refractivity contribution in [1.82, 2.24) is 0 Å². The number of carbonyl (C=O) groups is 1. The first-order valence-electron chi connectivity index (χ1n) is 9.30. The van der Waals surface area contributed by atoms with Crippen molar-refractivity contribution in [2.45, 2.75) is 58.1 Å². The van der Waals surface area contributed by atoms with Gasteiger partial charge in [0.2, 0.25) is 5.91 Å². The van der Waals surface area contributed by atoms with Crippen molar-refractivity contribution >= 4 is 11.6 Å². The topological polar surface area (TPSA) is 38.8 Å². The van der Waals surface area contributed by atoms with Gasteiger partial charge in [-0.1, -0.05) is 6.92 Å². The third-order valence-corrected chi connectivity index (χ3v) is 5.65. The van der Waals surface area contributed by atoms with Crippen molar-refractivity contribution in [2.75, 3.05) is 18.1 Å². The maximum absolute atomic E-state index is 12.3. The van der Waals surface area contributed by atoms with Gasteiger partial charge >= 0.3 is 0 Å². The van der Waals surface area contributed by atoms with Crippen LogP contribution >= 0.6 is 0 Å². The highest BCUT2D eigenvalue weighted by molar-refractivity contribution is 5.94. The normalized spacial score (nSPS) is 27.7. The summed E-state index contributed by atoms with van der Waals surface area (Å²) in [5.41, 5.74) is 2.34. The Morgan fingerprint density at radius 3 is 2.62 bits per heavy atom. The maximum atomic E-state index is 12.3. The monoisotopic (exact) mass is 329 g/mol. The molecule has 4 nitrogen and oxygen atoms in total. The van der Waals surface area contributed by atoms with Gasteiger partial charge in [0.1, 0.15) is 11.9 Å². The lowest BCUT2D eigenvalue weighted by Crippen LogP contribution is -2.48. The fourth-order valence-electron chi connectivity index (χ4n) is 4.40. The van der Waals surface area contributed by atoms with Gasteiger partial charge in [-0.25, -0.2) is 0 Å². The number of fused-ring (bicyclic) bond motifs is 1. The number of nitrogens with zero attached hydrogens (tertiary/aromatic N) is 1. The molecule has 1 saturated heterocycles. The number of hydrogen-bond acceptors (Lipinski definition) is 3. The highest BCUT2D eigenvalue weighted by Gasteiger charge is 2.43. The van der Waals surface area contributed by atoms with E-state index in [0.29, 0.717) is 17.9 Å². The summed E-state index contributed by atoms with van der Waals surface area (Å²) in [6.45, 7) is 5.55. The number of anilines is 1. The molecule has 24 heavy (non-hydrogen) atoms. The summed E-state index contributed by atoms with van der Waals surface area (Å²) in [6, 6.07) is 6.65. The van der Waals surface area contributed by atoms with E-state index < -0.39 is 0 Å². The molecule has 4 rings (SSSR count). The molecule has 4 heteroatoms. The molecule has 3 aliphatic rings. The van der Waals surface area contributed by atoms with Crippen molar-refractivity contribution in [3.8, 4) is 5.75 Å². The van der Waals surface area contributed by atoms with Gasteiger partial charge in [0.25, 0.3) is 0 Å². The first kappa shape index (κ1) is 15.9. The Balaban J connectivity index is 1.59. The van der Waals surface area contributed by atoms with Crippen molar-refractivity contribution in [1.29, 1.82) is 0 Å². The molecule has 0 aromatic heterocycles. The third kappa shape index (κ3) is 3.04. The van der Waals surface area contributed by atoms with E-state index >= 15 is 0 Å². The predicted octanol–water partition coefficient (Wildman–Crippen LogP) is 3.57. The zero-order valence-electron chi connectivity index (χ0n) is 14.7. The molecule has 130 valence electrons. The van der Waals surface area contributed by atoms with Gasteiger partial charge in [0, 0.05) is 31.5 Å². The molecule has 0 bridgehead atoms. The van der Waals surface area contributed by atoms with Gasteiger partial charge in [0.05, 0.1) is 13.2 Å². The Hall–Kier alpha value is -1.55. The Morgan fingerprint density at radius 1 is 1.21 bits per heavy atom. The Kier molecular flexibility index (Phi) is 4.25. The van der Waals surface area contributed by atoms with E-state index in [4.69, 9.17) is 9.47 Å². The minimum absolute atomic E-state index is 0.165. The average Bonchev–Trinajstić information content (AvgIpc) is 3.39. The van der Waals surface area contributed by atoms with E-state index in [2.05, 4.69) is 24.0 Å². The molecule has 1 aromatic carbocycles.